The Kier molecular flexibility index (Phi) is 9.10. The predicted molar refractivity (Wildman–Crippen MR) is 124 cm³/mol. The van der Waals surface area contributed by atoms with Crippen molar-refractivity contribution in [1.82, 2.24) is 20.1 Å². The van der Waals surface area contributed by atoms with Crippen LogP contribution in [0.1, 0.15) is 23.2 Å². The summed E-state index contributed by atoms with van der Waals surface area (Å²) in [5.74, 6) is 0.884. The number of benzene rings is 1. The van der Waals surface area contributed by atoms with Gasteiger partial charge in [-0.2, -0.15) is 0 Å². The number of methoxy groups -OCH3 is 1. The number of halogens is 2. The molecule has 2 aliphatic rings. The molecule has 0 spiro atoms. The molecule has 7 nitrogen and oxygen atoms in total. The number of pyridine rings is 1. The molecule has 4 rings (SSSR count). The van der Waals surface area contributed by atoms with Crippen molar-refractivity contribution < 1.29 is 14.3 Å². The van der Waals surface area contributed by atoms with Crippen LogP contribution in [-0.4, -0.2) is 72.5 Å². The Morgan fingerprint density at radius 1 is 1.13 bits per heavy atom. The molecule has 31 heavy (non-hydrogen) atoms. The Bertz CT molecular complexity index is 895. The van der Waals surface area contributed by atoms with E-state index in [2.05, 4.69) is 10.3 Å². The molecule has 2 fully saturated rings. The van der Waals surface area contributed by atoms with Crippen LogP contribution >= 0.6 is 24.8 Å². The predicted octanol–water partition coefficient (Wildman–Crippen LogP) is 2.64. The van der Waals surface area contributed by atoms with Crippen LogP contribution in [0.2, 0.25) is 0 Å². The number of aromatic nitrogens is 1. The van der Waals surface area contributed by atoms with Crippen LogP contribution in [-0.2, 0) is 4.79 Å². The lowest BCUT2D eigenvalue weighted by molar-refractivity contribution is -0.135. The lowest BCUT2D eigenvalue weighted by Gasteiger charge is -2.41. The Hall–Kier alpha value is -2.35. The van der Waals surface area contributed by atoms with Crippen LogP contribution in [0.4, 0.5) is 0 Å². The van der Waals surface area contributed by atoms with Gasteiger partial charge in [0.25, 0.3) is 5.91 Å². The molecule has 2 aliphatic heterocycles. The van der Waals surface area contributed by atoms with Crippen LogP contribution in [0.25, 0.3) is 11.1 Å². The van der Waals surface area contributed by atoms with Gasteiger partial charge in [-0.3, -0.25) is 14.6 Å². The quantitative estimate of drug-likeness (QED) is 0.749. The Morgan fingerprint density at radius 2 is 1.90 bits per heavy atom. The second kappa shape index (κ2) is 11.3. The highest BCUT2D eigenvalue weighted by Crippen LogP contribution is 2.24. The number of carbonyl (C=O) groups is 2. The minimum atomic E-state index is -0.0276. The van der Waals surface area contributed by atoms with E-state index >= 15 is 0 Å². The van der Waals surface area contributed by atoms with E-state index in [-0.39, 0.29) is 42.7 Å². The molecule has 168 valence electrons. The third-order valence-corrected chi connectivity index (χ3v) is 5.66. The van der Waals surface area contributed by atoms with E-state index in [0.717, 1.165) is 36.3 Å². The molecule has 0 radical (unpaired) electrons. The first kappa shape index (κ1) is 24.9. The molecule has 1 unspecified atom stereocenters. The highest BCUT2D eigenvalue weighted by atomic mass is 35.5. The number of hydrogen-bond donors (Lipinski definition) is 1. The number of likely N-dealkylation sites (tertiary alicyclic amines) is 1. The SMILES string of the molecule is COc1ccc(-c2cncc(C(=O)N3CCCC(N4CCNCC4=O)C3)c2)cc1.Cl.Cl. The summed E-state index contributed by atoms with van der Waals surface area (Å²) in [6, 6.07) is 9.68. The number of nitrogens with one attached hydrogen (secondary N) is 1. The maximum Gasteiger partial charge on any atom is 0.255 e. The lowest BCUT2D eigenvalue weighted by Crippen LogP contribution is -2.57. The molecule has 0 saturated carbocycles. The van der Waals surface area contributed by atoms with Gasteiger partial charge >= 0.3 is 0 Å². The zero-order valence-corrected chi connectivity index (χ0v) is 19.1. The second-order valence-electron chi connectivity index (χ2n) is 7.50. The molecule has 1 N–H and O–H groups in total. The van der Waals surface area contributed by atoms with Gasteiger partial charge in [0.2, 0.25) is 5.91 Å². The zero-order chi connectivity index (χ0) is 20.2. The van der Waals surface area contributed by atoms with E-state index in [0.29, 0.717) is 31.7 Å². The summed E-state index contributed by atoms with van der Waals surface area (Å²) in [6.45, 7) is 3.20. The molecule has 1 atom stereocenters. The maximum atomic E-state index is 13.1. The van der Waals surface area contributed by atoms with Gasteiger partial charge in [0.05, 0.1) is 19.2 Å². The average Bonchev–Trinajstić information content (AvgIpc) is 2.79. The van der Waals surface area contributed by atoms with Gasteiger partial charge in [0.15, 0.2) is 0 Å². The van der Waals surface area contributed by atoms with Crippen LogP contribution in [0.15, 0.2) is 42.7 Å². The fourth-order valence-electron chi connectivity index (χ4n) is 4.08. The molecule has 1 aromatic carbocycles. The van der Waals surface area contributed by atoms with Crippen LogP contribution < -0.4 is 10.1 Å². The number of piperazine rings is 1. The zero-order valence-electron chi connectivity index (χ0n) is 17.5. The lowest BCUT2D eigenvalue weighted by atomic mass is 10.0. The molecule has 9 heteroatoms. The third kappa shape index (κ3) is 5.67. The minimum Gasteiger partial charge on any atom is -0.497 e. The summed E-state index contributed by atoms with van der Waals surface area (Å²) in [5.41, 5.74) is 2.45. The Balaban J connectivity index is 0.00000171. The van der Waals surface area contributed by atoms with E-state index in [1.807, 2.05) is 40.1 Å². The van der Waals surface area contributed by atoms with Crippen molar-refractivity contribution in [1.29, 1.82) is 0 Å². The van der Waals surface area contributed by atoms with Crippen molar-refractivity contribution in [3.05, 3.63) is 48.3 Å². The smallest absolute Gasteiger partial charge is 0.255 e. The summed E-state index contributed by atoms with van der Waals surface area (Å²) >= 11 is 0. The number of hydrogen-bond acceptors (Lipinski definition) is 5. The molecule has 2 saturated heterocycles. The summed E-state index contributed by atoms with van der Waals surface area (Å²) < 4.78 is 5.21. The van der Waals surface area contributed by atoms with Crippen molar-refractivity contribution in [2.24, 2.45) is 0 Å². The number of rotatable bonds is 4. The van der Waals surface area contributed by atoms with Crippen molar-refractivity contribution in [2.75, 3.05) is 39.8 Å². The second-order valence-corrected chi connectivity index (χ2v) is 7.50. The average molecular weight is 467 g/mol. The van der Waals surface area contributed by atoms with E-state index in [9.17, 15) is 9.59 Å². The molecule has 1 aromatic heterocycles. The van der Waals surface area contributed by atoms with Crippen molar-refractivity contribution in [2.45, 2.75) is 18.9 Å². The van der Waals surface area contributed by atoms with Crippen LogP contribution in [0, 0.1) is 0 Å². The number of ether oxygens (including phenoxy) is 1. The minimum absolute atomic E-state index is 0. The third-order valence-electron chi connectivity index (χ3n) is 5.66. The fraction of sp³-hybridized carbons (Fsp3) is 0.409. The van der Waals surface area contributed by atoms with Gasteiger partial charge in [-0.15, -0.1) is 24.8 Å². The highest BCUT2D eigenvalue weighted by molar-refractivity contribution is 5.95. The first-order chi connectivity index (χ1) is 14.2. The molecule has 2 aromatic rings. The summed E-state index contributed by atoms with van der Waals surface area (Å²) in [5, 5.41) is 3.10. The summed E-state index contributed by atoms with van der Waals surface area (Å²) in [7, 11) is 1.63. The number of nitrogens with zero attached hydrogens (tertiary/aromatic N) is 3. The van der Waals surface area contributed by atoms with Gasteiger partial charge in [-0.25, -0.2) is 0 Å². The van der Waals surface area contributed by atoms with E-state index in [1.165, 1.54) is 0 Å². The summed E-state index contributed by atoms with van der Waals surface area (Å²) in [6.07, 6.45) is 5.23. The number of amides is 2. The molecule has 0 aliphatic carbocycles. The Morgan fingerprint density at radius 3 is 2.61 bits per heavy atom. The number of carbonyl (C=O) groups excluding carboxylic acids is 2. The largest absolute Gasteiger partial charge is 0.497 e. The highest BCUT2D eigenvalue weighted by Gasteiger charge is 2.32. The monoisotopic (exact) mass is 466 g/mol. The normalized spacial score (nSPS) is 18.6. The topological polar surface area (TPSA) is 74.8 Å². The van der Waals surface area contributed by atoms with Gasteiger partial charge in [0.1, 0.15) is 5.75 Å². The van der Waals surface area contributed by atoms with E-state index < -0.39 is 0 Å². The van der Waals surface area contributed by atoms with Crippen LogP contribution in [0.3, 0.4) is 0 Å². The van der Waals surface area contributed by atoms with Gasteiger partial charge in [-0.05, 0) is 36.6 Å². The first-order valence-corrected chi connectivity index (χ1v) is 10.0. The molecule has 0 bridgehead atoms. The molecule has 2 amide bonds. The van der Waals surface area contributed by atoms with E-state index in [1.54, 1.807) is 19.5 Å². The fourth-order valence-corrected chi connectivity index (χ4v) is 4.08. The van der Waals surface area contributed by atoms with Crippen LogP contribution in [0.5, 0.6) is 5.75 Å². The molecular weight excluding hydrogens is 439 g/mol. The van der Waals surface area contributed by atoms with Crippen molar-refractivity contribution >= 4 is 36.6 Å². The summed E-state index contributed by atoms with van der Waals surface area (Å²) in [4.78, 5) is 33.5. The van der Waals surface area contributed by atoms with E-state index in [4.69, 9.17) is 4.74 Å². The maximum absolute atomic E-state index is 13.1. The van der Waals surface area contributed by atoms with Gasteiger partial charge in [-0.1, -0.05) is 12.1 Å². The Labute approximate surface area is 195 Å². The first-order valence-electron chi connectivity index (χ1n) is 10.0. The molecular formula is C22H28Cl2N4O3. The van der Waals surface area contributed by atoms with Crippen molar-refractivity contribution in [3.8, 4) is 16.9 Å². The standard InChI is InChI=1S/C22H26N4O3.2ClH/c1-29-20-6-4-16(5-7-20)17-11-18(13-24-12-17)22(28)25-9-2-3-19(15-25)26-10-8-23-14-21(26)27;;/h4-7,11-13,19,23H,2-3,8-10,14-15H2,1H3;2*1H. The molecule has 3 heterocycles. The van der Waals surface area contributed by atoms with Gasteiger partial charge in [0, 0.05) is 50.2 Å². The number of piperidine rings is 1. The van der Waals surface area contributed by atoms with Crippen molar-refractivity contribution in [3.63, 3.8) is 0 Å². The van der Waals surface area contributed by atoms with Gasteiger partial charge < -0.3 is 19.9 Å².